The van der Waals surface area contributed by atoms with E-state index in [1.165, 1.54) is 12.4 Å². The third-order valence-electron chi connectivity index (χ3n) is 4.99. The molecule has 1 atom stereocenters. The molecule has 3 aromatic rings. The zero-order chi connectivity index (χ0) is 23.2. The van der Waals surface area contributed by atoms with E-state index in [1.807, 2.05) is 50.5 Å². The summed E-state index contributed by atoms with van der Waals surface area (Å²) in [6.45, 7) is 1.16. The third kappa shape index (κ3) is 5.59. The minimum atomic E-state index is -0.274. The molecule has 2 heterocycles. The van der Waals surface area contributed by atoms with Crippen LogP contribution in [0.1, 0.15) is 12.0 Å². The van der Waals surface area contributed by atoms with Crippen molar-refractivity contribution in [1.82, 2.24) is 14.9 Å². The summed E-state index contributed by atoms with van der Waals surface area (Å²) in [6.07, 6.45) is 10.8. The predicted octanol–water partition coefficient (Wildman–Crippen LogP) is 3.54. The monoisotopic (exact) mass is 443 g/mol. The molecule has 1 amide bonds. The van der Waals surface area contributed by atoms with Crippen molar-refractivity contribution in [2.75, 3.05) is 37.9 Å². The zero-order valence-corrected chi connectivity index (χ0v) is 18.5. The fraction of sp³-hybridized carbons (Fsp3) is 0.240. The van der Waals surface area contributed by atoms with Gasteiger partial charge in [0, 0.05) is 55.5 Å². The molecule has 1 aliphatic heterocycles. The molecule has 1 fully saturated rings. The van der Waals surface area contributed by atoms with Crippen molar-refractivity contribution in [3.05, 3.63) is 60.6 Å². The molecule has 0 radical (unpaired) electrons. The molecule has 0 saturated carbocycles. The number of hydrogen-bond acceptors (Lipinski definition) is 7. The number of amides is 1. The minimum Gasteiger partial charge on any atom is -0.486 e. The van der Waals surface area contributed by atoms with E-state index < -0.39 is 0 Å². The Morgan fingerprint density at radius 2 is 2.18 bits per heavy atom. The number of ether oxygens (including phenoxy) is 2. The maximum absolute atomic E-state index is 12.5. The zero-order valence-electron chi connectivity index (χ0n) is 18.5. The van der Waals surface area contributed by atoms with Crippen LogP contribution >= 0.6 is 0 Å². The van der Waals surface area contributed by atoms with Gasteiger partial charge in [-0.3, -0.25) is 4.79 Å². The van der Waals surface area contributed by atoms with Crippen LogP contribution in [-0.4, -0.2) is 54.2 Å². The van der Waals surface area contributed by atoms with Gasteiger partial charge in [-0.1, -0.05) is 12.0 Å². The molecule has 1 unspecified atom stereocenters. The average molecular weight is 444 g/mol. The highest BCUT2D eigenvalue weighted by atomic mass is 16.5. The van der Waals surface area contributed by atoms with Crippen molar-refractivity contribution < 1.29 is 14.3 Å². The average Bonchev–Trinajstić information content (AvgIpc) is 3.32. The van der Waals surface area contributed by atoms with Crippen molar-refractivity contribution in [3.8, 4) is 18.1 Å². The second-order valence-electron chi connectivity index (χ2n) is 7.81. The molecule has 4 rings (SSSR count). The van der Waals surface area contributed by atoms with Crippen LogP contribution in [0.4, 0.5) is 17.2 Å². The molecule has 168 valence electrons. The van der Waals surface area contributed by atoms with Gasteiger partial charge < -0.3 is 25.0 Å². The number of carbonyl (C=O) groups is 1. The van der Waals surface area contributed by atoms with Crippen LogP contribution in [0.15, 0.2) is 55.0 Å². The van der Waals surface area contributed by atoms with Gasteiger partial charge in [0.05, 0.1) is 24.4 Å². The fourth-order valence-electron chi connectivity index (χ4n) is 3.38. The molecule has 0 bridgehead atoms. The van der Waals surface area contributed by atoms with Crippen molar-refractivity contribution in [2.24, 2.45) is 0 Å². The van der Waals surface area contributed by atoms with Gasteiger partial charge in [-0.15, -0.1) is 6.42 Å². The van der Waals surface area contributed by atoms with Gasteiger partial charge in [-0.05, 0) is 24.3 Å². The van der Waals surface area contributed by atoms with Gasteiger partial charge in [0.1, 0.15) is 24.0 Å². The first kappa shape index (κ1) is 22.1. The molecular formula is C25H25N5O3. The van der Waals surface area contributed by atoms with E-state index >= 15 is 0 Å². The normalized spacial score (nSPS) is 15.4. The number of hydrogen-bond donors (Lipinski definition) is 2. The van der Waals surface area contributed by atoms with Crippen LogP contribution in [0, 0.1) is 12.3 Å². The molecule has 8 heteroatoms. The number of rotatable bonds is 7. The SMILES string of the molecule is C#Cc1cccc(Nc2ncnc3cc(OC4CCOC4)c(NC(=O)/C=C/N(C)C)cc23)c1. The largest absolute Gasteiger partial charge is 0.486 e. The number of aromatic nitrogens is 2. The standard InChI is InChI=1S/C25H25N5O3/c1-4-17-6-5-7-18(12-17)28-25-20-13-22(29-24(31)8-10-30(2)3)23(14-21(20)26-16-27-25)33-19-9-11-32-15-19/h1,5-8,10,12-14,16,19H,9,11,15H2,2-3H3,(H,29,31)(H,26,27,28)/b10-8+. The van der Waals surface area contributed by atoms with Crippen molar-refractivity contribution >= 4 is 34.0 Å². The summed E-state index contributed by atoms with van der Waals surface area (Å²) >= 11 is 0. The maximum Gasteiger partial charge on any atom is 0.249 e. The Morgan fingerprint density at radius 3 is 2.94 bits per heavy atom. The topological polar surface area (TPSA) is 88.6 Å². The van der Waals surface area contributed by atoms with Crippen LogP contribution in [-0.2, 0) is 9.53 Å². The van der Waals surface area contributed by atoms with Gasteiger partial charge in [0.15, 0.2) is 0 Å². The van der Waals surface area contributed by atoms with Gasteiger partial charge >= 0.3 is 0 Å². The first-order valence-electron chi connectivity index (χ1n) is 10.5. The molecule has 1 aromatic heterocycles. The van der Waals surface area contributed by atoms with Crippen LogP contribution in [0.25, 0.3) is 10.9 Å². The number of terminal acetylenes is 1. The van der Waals surface area contributed by atoms with Crippen molar-refractivity contribution in [2.45, 2.75) is 12.5 Å². The molecule has 1 saturated heterocycles. The Morgan fingerprint density at radius 1 is 1.30 bits per heavy atom. The van der Waals surface area contributed by atoms with E-state index in [0.29, 0.717) is 36.0 Å². The third-order valence-corrected chi connectivity index (χ3v) is 4.99. The lowest BCUT2D eigenvalue weighted by Gasteiger charge is -2.17. The van der Waals surface area contributed by atoms with Gasteiger partial charge in [-0.25, -0.2) is 9.97 Å². The van der Waals surface area contributed by atoms with Gasteiger partial charge in [0.2, 0.25) is 5.91 Å². The highest BCUT2D eigenvalue weighted by Crippen LogP contribution is 2.34. The number of fused-ring (bicyclic) bond motifs is 1. The Hall–Kier alpha value is -4.09. The lowest BCUT2D eigenvalue weighted by molar-refractivity contribution is -0.112. The Kier molecular flexibility index (Phi) is 6.72. The van der Waals surface area contributed by atoms with E-state index in [1.54, 1.807) is 11.1 Å². The Labute approximate surface area is 192 Å². The van der Waals surface area contributed by atoms with E-state index in [9.17, 15) is 4.79 Å². The highest BCUT2D eigenvalue weighted by Gasteiger charge is 2.20. The summed E-state index contributed by atoms with van der Waals surface area (Å²) in [5.74, 6) is 3.47. The quantitative estimate of drug-likeness (QED) is 0.427. The molecule has 8 nitrogen and oxygen atoms in total. The molecule has 2 aromatic carbocycles. The number of anilines is 3. The molecule has 33 heavy (non-hydrogen) atoms. The fourth-order valence-corrected chi connectivity index (χ4v) is 3.38. The maximum atomic E-state index is 12.5. The smallest absolute Gasteiger partial charge is 0.249 e. The molecule has 0 aliphatic carbocycles. The van der Waals surface area contributed by atoms with E-state index in [-0.39, 0.29) is 12.0 Å². The molecule has 2 N–H and O–H groups in total. The summed E-state index contributed by atoms with van der Waals surface area (Å²) in [5.41, 5.74) is 2.76. The Bertz CT molecular complexity index is 1230. The number of nitrogens with zero attached hydrogens (tertiary/aromatic N) is 3. The van der Waals surface area contributed by atoms with Gasteiger partial charge in [-0.2, -0.15) is 0 Å². The first-order chi connectivity index (χ1) is 16.0. The van der Waals surface area contributed by atoms with E-state index in [4.69, 9.17) is 15.9 Å². The highest BCUT2D eigenvalue weighted by molar-refractivity contribution is 6.03. The van der Waals surface area contributed by atoms with Crippen LogP contribution < -0.4 is 15.4 Å². The van der Waals surface area contributed by atoms with Crippen molar-refractivity contribution in [3.63, 3.8) is 0 Å². The second kappa shape index (κ2) is 10.0. The predicted molar refractivity (Wildman–Crippen MR) is 129 cm³/mol. The van der Waals surface area contributed by atoms with Crippen LogP contribution in [0.5, 0.6) is 5.75 Å². The molecular weight excluding hydrogens is 418 g/mol. The van der Waals surface area contributed by atoms with Crippen LogP contribution in [0.3, 0.4) is 0 Å². The minimum absolute atomic E-state index is 0.0821. The van der Waals surface area contributed by atoms with Gasteiger partial charge in [0.25, 0.3) is 0 Å². The molecule has 0 spiro atoms. The van der Waals surface area contributed by atoms with E-state index in [2.05, 4.69) is 26.5 Å². The Balaban J connectivity index is 1.71. The lowest BCUT2D eigenvalue weighted by atomic mass is 10.1. The summed E-state index contributed by atoms with van der Waals surface area (Å²) in [4.78, 5) is 23.1. The summed E-state index contributed by atoms with van der Waals surface area (Å²) in [7, 11) is 3.69. The van der Waals surface area contributed by atoms with E-state index in [0.717, 1.165) is 23.1 Å². The summed E-state index contributed by atoms with van der Waals surface area (Å²) < 4.78 is 11.6. The summed E-state index contributed by atoms with van der Waals surface area (Å²) in [6, 6.07) is 11.1. The number of benzene rings is 2. The first-order valence-corrected chi connectivity index (χ1v) is 10.5. The summed E-state index contributed by atoms with van der Waals surface area (Å²) in [5, 5.41) is 6.93. The number of carbonyl (C=O) groups excluding carboxylic acids is 1. The van der Waals surface area contributed by atoms with Crippen LogP contribution in [0.2, 0.25) is 0 Å². The second-order valence-corrected chi connectivity index (χ2v) is 7.81. The number of nitrogens with one attached hydrogen (secondary N) is 2. The molecule has 1 aliphatic rings. The lowest BCUT2D eigenvalue weighted by Crippen LogP contribution is -2.18. The van der Waals surface area contributed by atoms with Crippen molar-refractivity contribution in [1.29, 1.82) is 0 Å².